The van der Waals surface area contributed by atoms with Crippen LogP contribution in [0.5, 0.6) is 11.6 Å². The van der Waals surface area contributed by atoms with Gasteiger partial charge in [0.2, 0.25) is 5.88 Å². The summed E-state index contributed by atoms with van der Waals surface area (Å²) < 4.78 is 27.5. The van der Waals surface area contributed by atoms with Crippen LogP contribution in [0.3, 0.4) is 0 Å². The molecule has 0 unspecified atom stereocenters. The molecule has 1 aromatic carbocycles. The first-order chi connectivity index (χ1) is 18.5. The van der Waals surface area contributed by atoms with Crippen LogP contribution in [0.1, 0.15) is 26.3 Å². The predicted octanol–water partition coefficient (Wildman–Crippen LogP) is 3.52. The van der Waals surface area contributed by atoms with Gasteiger partial charge in [0, 0.05) is 56.5 Å². The number of nitrogens with one attached hydrogen (secondary N) is 2. The second-order valence-electron chi connectivity index (χ2n) is 8.68. The maximum atomic E-state index is 14.9. The van der Waals surface area contributed by atoms with Crippen LogP contribution in [0.2, 0.25) is 0 Å². The number of amides is 2. The Balaban J connectivity index is 0.00000220. The Morgan fingerprint density at radius 2 is 1.95 bits per heavy atom. The number of carbonyl (C=O) groups excluding carboxylic acids is 2. The van der Waals surface area contributed by atoms with Crippen LogP contribution in [-0.4, -0.2) is 75.7 Å². The molecule has 3 aromatic heterocycles. The van der Waals surface area contributed by atoms with Crippen LogP contribution < -0.4 is 15.4 Å². The summed E-state index contributed by atoms with van der Waals surface area (Å²) in [6.07, 6.45) is 5.84. The first-order valence-corrected chi connectivity index (χ1v) is 12.1. The molecule has 5 rings (SSSR count). The number of carbonyl (C=O) groups is 2. The Morgan fingerprint density at radius 1 is 1.15 bits per heavy atom. The highest BCUT2D eigenvalue weighted by Crippen LogP contribution is 2.31. The molecule has 212 valence electrons. The van der Waals surface area contributed by atoms with E-state index in [4.69, 9.17) is 9.47 Å². The second kappa shape index (κ2) is 14.0. The molecule has 4 heterocycles. The van der Waals surface area contributed by atoms with E-state index < -0.39 is 11.7 Å². The number of benzene rings is 1. The molecule has 1 fully saturated rings. The normalized spacial score (nSPS) is 13.2. The first-order valence-electron chi connectivity index (χ1n) is 12.1. The zero-order chi connectivity index (χ0) is 26.5. The van der Waals surface area contributed by atoms with E-state index in [1.807, 2.05) is 0 Å². The lowest BCUT2D eigenvalue weighted by Crippen LogP contribution is -2.41. The molecule has 1 aliphatic rings. The Labute approximate surface area is 241 Å². The number of rotatable bonds is 8. The van der Waals surface area contributed by atoms with Crippen molar-refractivity contribution in [3.8, 4) is 11.6 Å². The average Bonchev–Trinajstić information content (AvgIpc) is 3.28. The number of hydrogen-bond acceptors (Lipinski definition) is 8. The highest BCUT2D eigenvalue weighted by Gasteiger charge is 2.20. The zero-order valence-electron chi connectivity index (χ0n) is 21.5. The van der Waals surface area contributed by atoms with Crippen molar-refractivity contribution in [3.05, 3.63) is 77.8 Å². The molecule has 14 heteroatoms. The number of aryl methyl sites for hydroxylation is 1. The number of halogens is 3. The van der Waals surface area contributed by atoms with Gasteiger partial charge < -0.3 is 20.1 Å². The minimum atomic E-state index is -0.698. The van der Waals surface area contributed by atoms with Gasteiger partial charge in [0.15, 0.2) is 11.6 Å². The van der Waals surface area contributed by atoms with Gasteiger partial charge in [-0.3, -0.25) is 19.5 Å². The van der Waals surface area contributed by atoms with Crippen molar-refractivity contribution < 1.29 is 23.5 Å². The third-order valence-electron chi connectivity index (χ3n) is 6.18. The number of nitrogens with zero attached hydrogens (tertiary/aromatic N) is 5. The van der Waals surface area contributed by atoms with E-state index in [0.717, 1.165) is 25.7 Å². The summed E-state index contributed by atoms with van der Waals surface area (Å²) in [6.45, 7) is 6.06. The van der Waals surface area contributed by atoms with Crippen LogP contribution in [0.25, 0.3) is 5.52 Å². The molecule has 11 nitrogen and oxygen atoms in total. The van der Waals surface area contributed by atoms with Crippen molar-refractivity contribution in [3.63, 3.8) is 0 Å². The molecule has 0 spiro atoms. The molecule has 1 aliphatic heterocycles. The lowest BCUT2D eigenvalue weighted by molar-refractivity contribution is 0.0383. The molecule has 4 aromatic rings. The highest BCUT2D eigenvalue weighted by molar-refractivity contribution is 6.04. The number of hydrogen-bond donors (Lipinski definition) is 2. The summed E-state index contributed by atoms with van der Waals surface area (Å²) in [5.74, 6) is -1.36. The lowest BCUT2D eigenvalue weighted by Gasteiger charge is -2.26. The summed E-state index contributed by atoms with van der Waals surface area (Å²) >= 11 is 0. The fourth-order valence-electron chi connectivity index (χ4n) is 4.14. The first kappa shape index (κ1) is 30.7. The number of aromatic nitrogens is 4. The standard InChI is InChI=1S/C26H26FN7O4.2ClH/c1-17-20(25(36)29-7-8-33-9-11-37-12-10-33)15-34-23(17)26(30-16-31-34)38-22-5-4-19(13-21(22)27)32-24(35)18-3-2-6-28-14-18;;/h2-6,13-16H,7-12H2,1H3,(H,29,36)(H,32,35);2*1H. The smallest absolute Gasteiger partial charge is 0.257 e. The monoisotopic (exact) mass is 591 g/mol. The molecule has 0 radical (unpaired) electrons. The average molecular weight is 592 g/mol. The minimum absolute atomic E-state index is 0. The van der Waals surface area contributed by atoms with Crippen molar-refractivity contribution in [2.24, 2.45) is 0 Å². The van der Waals surface area contributed by atoms with E-state index >= 15 is 0 Å². The van der Waals surface area contributed by atoms with E-state index in [9.17, 15) is 14.0 Å². The van der Waals surface area contributed by atoms with Gasteiger partial charge in [0.25, 0.3) is 11.8 Å². The van der Waals surface area contributed by atoms with Gasteiger partial charge >= 0.3 is 0 Å². The largest absolute Gasteiger partial charge is 0.434 e. The molecule has 2 amide bonds. The van der Waals surface area contributed by atoms with Crippen LogP contribution in [0, 0.1) is 12.7 Å². The van der Waals surface area contributed by atoms with Gasteiger partial charge in [-0.2, -0.15) is 10.1 Å². The van der Waals surface area contributed by atoms with Gasteiger partial charge in [-0.1, -0.05) is 0 Å². The van der Waals surface area contributed by atoms with Gasteiger partial charge in [0.1, 0.15) is 11.8 Å². The van der Waals surface area contributed by atoms with E-state index in [-0.39, 0.29) is 48.0 Å². The summed E-state index contributed by atoms with van der Waals surface area (Å²) in [4.78, 5) is 35.5. The minimum Gasteiger partial charge on any atom is -0.434 e. The van der Waals surface area contributed by atoms with E-state index in [2.05, 4.69) is 30.6 Å². The van der Waals surface area contributed by atoms with Crippen molar-refractivity contribution in [1.82, 2.24) is 29.8 Å². The predicted molar refractivity (Wildman–Crippen MR) is 150 cm³/mol. The van der Waals surface area contributed by atoms with Crippen molar-refractivity contribution in [1.29, 1.82) is 0 Å². The van der Waals surface area contributed by atoms with Gasteiger partial charge in [-0.05, 0) is 36.8 Å². The summed E-state index contributed by atoms with van der Waals surface area (Å²) in [5.41, 5.74) is 2.07. The maximum Gasteiger partial charge on any atom is 0.257 e. The molecule has 2 N–H and O–H groups in total. The maximum absolute atomic E-state index is 14.9. The van der Waals surface area contributed by atoms with E-state index in [1.54, 1.807) is 31.5 Å². The third-order valence-corrected chi connectivity index (χ3v) is 6.18. The van der Waals surface area contributed by atoms with Gasteiger partial charge in [0.05, 0.1) is 24.3 Å². The van der Waals surface area contributed by atoms with Crippen LogP contribution in [-0.2, 0) is 4.74 Å². The Kier molecular flexibility index (Phi) is 10.7. The van der Waals surface area contributed by atoms with Crippen LogP contribution in [0.4, 0.5) is 10.1 Å². The SMILES string of the molecule is Cc1c(C(=O)NCCN2CCOCC2)cn2ncnc(Oc3ccc(NC(=O)c4cccnc4)cc3F)c12.Cl.Cl. The fourth-order valence-corrected chi connectivity index (χ4v) is 4.14. The van der Waals surface area contributed by atoms with Crippen molar-refractivity contribution in [2.75, 3.05) is 44.7 Å². The van der Waals surface area contributed by atoms with Crippen LogP contribution in [0.15, 0.2) is 55.2 Å². The lowest BCUT2D eigenvalue weighted by atomic mass is 10.2. The van der Waals surface area contributed by atoms with Crippen LogP contribution >= 0.6 is 24.8 Å². The molecular weight excluding hydrogens is 564 g/mol. The molecular formula is C26H28Cl2FN7O4. The fraction of sp³-hybridized carbons (Fsp3) is 0.269. The molecule has 1 saturated heterocycles. The quantitative estimate of drug-likeness (QED) is 0.319. The number of pyridine rings is 1. The number of morpholine rings is 1. The summed E-state index contributed by atoms with van der Waals surface area (Å²) in [6, 6.07) is 7.31. The number of ether oxygens (including phenoxy) is 2. The molecule has 0 atom stereocenters. The summed E-state index contributed by atoms with van der Waals surface area (Å²) in [7, 11) is 0. The van der Waals surface area contributed by atoms with Crippen molar-refractivity contribution in [2.45, 2.75) is 6.92 Å². The topological polar surface area (TPSA) is 123 Å². The number of fused-ring (bicyclic) bond motifs is 1. The van der Waals surface area contributed by atoms with Crippen molar-refractivity contribution >= 4 is 47.8 Å². The second-order valence-corrected chi connectivity index (χ2v) is 8.68. The Morgan fingerprint density at radius 3 is 2.67 bits per heavy atom. The van der Waals surface area contributed by atoms with Gasteiger partial charge in [-0.15, -0.1) is 24.8 Å². The third kappa shape index (κ3) is 7.02. The zero-order valence-corrected chi connectivity index (χ0v) is 23.1. The summed E-state index contributed by atoms with van der Waals surface area (Å²) in [5, 5.41) is 9.74. The molecule has 0 aliphatic carbocycles. The Bertz CT molecular complexity index is 1470. The highest BCUT2D eigenvalue weighted by atomic mass is 35.5. The van der Waals surface area contributed by atoms with Gasteiger partial charge in [-0.25, -0.2) is 8.91 Å². The molecule has 0 bridgehead atoms. The van der Waals surface area contributed by atoms with E-state index in [1.165, 1.54) is 29.2 Å². The number of anilines is 1. The van der Waals surface area contributed by atoms with E-state index in [0.29, 0.717) is 42.0 Å². The molecule has 0 saturated carbocycles. The Hall–Kier alpha value is -3.84. The molecule has 40 heavy (non-hydrogen) atoms.